The normalized spacial score (nSPS) is 8.33. The highest BCUT2D eigenvalue weighted by molar-refractivity contribution is 5.67. The SMILES string of the molecule is C=C(C)OC(=O)N(C)C. The maximum Gasteiger partial charge on any atom is 0.414 e. The van der Waals surface area contributed by atoms with Gasteiger partial charge in [-0.15, -0.1) is 0 Å². The summed E-state index contributed by atoms with van der Waals surface area (Å²) in [6, 6.07) is 0. The van der Waals surface area contributed by atoms with Crippen LogP contribution in [0.2, 0.25) is 0 Å². The van der Waals surface area contributed by atoms with Gasteiger partial charge < -0.3 is 9.64 Å². The van der Waals surface area contributed by atoms with Gasteiger partial charge in [-0.2, -0.15) is 0 Å². The van der Waals surface area contributed by atoms with Crippen molar-refractivity contribution >= 4 is 6.09 Å². The maximum atomic E-state index is 10.6. The molecular weight excluding hydrogens is 118 g/mol. The first-order chi connectivity index (χ1) is 4.04. The standard InChI is InChI=1S/C6H11NO2/c1-5(2)9-6(8)7(3)4/h1H2,2-4H3. The summed E-state index contributed by atoms with van der Waals surface area (Å²) in [5.74, 6) is 0.411. The van der Waals surface area contributed by atoms with Gasteiger partial charge in [0.05, 0.1) is 5.76 Å². The van der Waals surface area contributed by atoms with Crippen LogP contribution in [0, 0.1) is 0 Å². The van der Waals surface area contributed by atoms with E-state index in [0.717, 1.165) is 0 Å². The minimum absolute atomic E-state index is 0.387. The summed E-state index contributed by atoms with van der Waals surface area (Å²) >= 11 is 0. The molecule has 0 radical (unpaired) electrons. The topological polar surface area (TPSA) is 29.5 Å². The van der Waals surface area contributed by atoms with Crippen molar-refractivity contribution in [1.29, 1.82) is 0 Å². The van der Waals surface area contributed by atoms with E-state index in [1.54, 1.807) is 21.0 Å². The number of carbonyl (C=O) groups is 1. The van der Waals surface area contributed by atoms with Crippen molar-refractivity contribution in [3.05, 3.63) is 12.3 Å². The molecule has 0 aromatic carbocycles. The Morgan fingerprint density at radius 1 is 1.56 bits per heavy atom. The zero-order valence-electron chi connectivity index (χ0n) is 5.97. The summed E-state index contributed by atoms with van der Waals surface area (Å²) in [6.07, 6.45) is -0.387. The molecular formula is C6H11NO2. The van der Waals surface area contributed by atoms with Crippen LogP contribution in [0.3, 0.4) is 0 Å². The zero-order chi connectivity index (χ0) is 7.44. The van der Waals surface area contributed by atoms with E-state index in [4.69, 9.17) is 0 Å². The van der Waals surface area contributed by atoms with Gasteiger partial charge in [0.25, 0.3) is 0 Å². The predicted octanol–water partition coefficient (Wildman–Crippen LogP) is 1.22. The Bertz CT molecular complexity index is 129. The smallest absolute Gasteiger partial charge is 0.414 e. The van der Waals surface area contributed by atoms with Crippen LogP contribution in [-0.4, -0.2) is 25.1 Å². The fourth-order valence-corrected chi connectivity index (χ4v) is 0.240. The third-order valence-corrected chi connectivity index (χ3v) is 0.627. The molecule has 0 aliphatic rings. The first kappa shape index (κ1) is 8.01. The Labute approximate surface area is 54.9 Å². The Hall–Kier alpha value is -0.990. The lowest BCUT2D eigenvalue weighted by Crippen LogP contribution is -2.21. The maximum absolute atomic E-state index is 10.6. The third kappa shape index (κ3) is 3.58. The highest BCUT2D eigenvalue weighted by Gasteiger charge is 2.02. The molecule has 3 nitrogen and oxygen atoms in total. The molecule has 0 aliphatic carbocycles. The first-order valence-electron chi connectivity index (χ1n) is 2.58. The molecule has 0 atom stereocenters. The molecule has 0 saturated heterocycles. The summed E-state index contributed by atoms with van der Waals surface area (Å²) in [5.41, 5.74) is 0. The van der Waals surface area contributed by atoms with E-state index in [9.17, 15) is 4.79 Å². The second-order valence-corrected chi connectivity index (χ2v) is 1.96. The Balaban J connectivity index is 3.64. The van der Waals surface area contributed by atoms with Crippen molar-refractivity contribution < 1.29 is 9.53 Å². The van der Waals surface area contributed by atoms with Crippen molar-refractivity contribution in [1.82, 2.24) is 4.90 Å². The van der Waals surface area contributed by atoms with Gasteiger partial charge in [-0.1, -0.05) is 6.58 Å². The van der Waals surface area contributed by atoms with E-state index < -0.39 is 0 Å². The molecule has 0 spiro atoms. The second-order valence-electron chi connectivity index (χ2n) is 1.96. The minimum Gasteiger partial charge on any atom is -0.416 e. The van der Waals surface area contributed by atoms with E-state index in [1.165, 1.54) is 4.90 Å². The molecule has 52 valence electrons. The number of nitrogens with zero attached hydrogens (tertiary/aromatic N) is 1. The van der Waals surface area contributed by atoms with E-state index in [0.29, 0.717) is 5.76 Å². The van der Waals surface area contributed by atoms with Crippen LogP contribution in [0.1, 0.15) is 6.92 Å². The molecule has 0 aromatic heterocycles. The Morgan fingerprint density at radius 3 is 2.11 bits per heavy atom. The van der Waals surface area contributed by atoms with Crippen LogP contribution >= 0.6 is 0 Å². The number of allylic oxidation sites excluding steroid dienone is 1. The van der Waals surface area contributed by atoms with Crippen LogP contribution in [0.5, 0.6) is 0 Å². The van der Waals surface area contributed by atoms with Crippen LogP contribution in [-0.2, 0) is 4.74 Å². The van der Waals surface area contributed by atoms with Gasteiger partial charge >= 0.3 is 6.09 Å². The average molecular weight is 129 g/mol. The Morgan fingerprint density at radius 2 is 2.00 bits per heavy atom. The quantitative estimate of drug-likeness (QED) is 0.498. The van der Waals surface area contributed by atoms with Gasteiger partial charge in [0.1, 0.15) is 0 Å². The monoisotopic (exact) mass is 129 g/mol. The molecule has 0 heterocycles. The van der Waals surface area contributed by atoms with Crippen LogP contribution in [0.4, 0.5) is 4.79 Å². The summed E-state index contributed by atoms with van der Waals surface area (Å²) in [5, 5.41) is 0. The molecule has 0 saturated carbocycles. The van der Waals surface area contributed by atoms with Crippen LogP contribution in [0.15, 0.2) is 12.3 Å². The lowest BCUT2D eigenvalue weighted by atomic mass is 10.7. The van der Waals surface area contributed by atoms with Crippen LogP contribution in [0.25, 0.3) is 0 Å². The molecule has 0 N–H and O–H groups in total. The number of hydrogen-bond acceptors (Lipinski definition) is 2. The molecule has 1 amide bonds. The highest BCUT2D eigenvalue weighted by atomic mass is 16.6. The van der Waals surface area contributed by atoms with Gasteiger partial charge in [-0.25, -0.2) is 4.79 Å². The largest absolute Gasteiger partial charge is 0.416 e. The molecule has 0 aliphatic heterocycles. The summed E-state index contributed by atoms with van der Waals surface area (Å²) in [6.45, 7) is 5.03. The fraction of sp³-hybridized carbons (Fsp3) is 0.500. The van der Waals surface area contributed by atoms with Gasteiger partial charge in [0.15, 0.2) is 0 Å². The average Bonchev–Trinajstić information content (AvgIpc) is 1.63. The fourth-order valence-electron chi connectivity index (χ4n) is 0.240. The molecule has 9 heavy (non-hydrogen) atoms. The number of rotatable bonds is 1. The van der Waals surface area contributed by atoms with E-state index in [-0.39, 0.29) is 6.09 Å². The Kier molecular flexibility index (Phi) is 2.78. The van der Waals surface area contributed by atoms with Crippen molar-refractivity contribution in [2.75, 3.05) is 14.1 Å². The number of ether oxygens (including phenoxy) is 1. The van der Waals surface area contributed by atoms with Gasteiger partial charge in [0, 0.05) is 14.1 Å². The minimum atomic E-state index is -0.387. The molecule has 3 heteroatoms. The lowest BCUT2D eigenvalue weighted by molar-refractivity contribution is 0.147. The summed E-state index contributed by atoms with van der Waals surface area (Å²) < 4.78 is 4.60. The van der Waals surface area contributed by atoms with E-state index >= 15 is 0 Å². The van der Waals surface area contributed by atoms with Crippen molar-refractivity contribution in [3.8, 4) is 0 Å². The molecule has 0 unspecified atom stereocenters. The van der Waals surface area contributed by atoms with Crippen molar-refractivity contribution in [2.24, 2.45) is 0 Å². The number of amides is 1. The van der Waals surface area contributed by atoms with E-state index in [2.05, 4.69) is 11.3 Å². The van der Waals surface area contributed by atoms with Gasteiger partial charge in [-0.3, -0.25) is 0 Å². The number of hydrogen-bond donors (Lipinski definition) is 0. The molecule has 0 fully saturated rings. The van der Waals surface area contributed by atoms with Gasteiger partial charge in [-0.05, 0) is 6.92 Å². The van der Waals surface area contributed by atoms with Crippen LogP contribution < -0.4 is 0 Å². The van der Waals surface area contributed by atoms with E-state index in [1.807, 2.05) is 0 Å². The first-order valence-corrected chi connectivity index (χ1v) is 2.58. The number of carbonyl (C=O) groups excluding carboxylic acids is 1. The van der Waals surface area contributed by atoms with Crippen molar-refractivity contribution in [3.63, 3.8) is 0 Å². The second kappa shape index (κ2) is 3.12. The molecule has 0 bridgehead atoms. The molecule has 0 rings (SSSR count). The lowest BCUT2D eigenvalue weighted by Gasteiger charge is -2.09. The highest BCUT2D eigenvalue weighted by Crippen LogP contribution is 1.93. The predicted molar refractivity (Wildman–Crippen MR) is 35.0 cm³/mol. The van der Waals surface area contributed by atoms with Gasteiger partial charge in [0.2, 0.25) is 0 Å². The zero-order valence-corrected chi connectivity index (χ0v) is 5.97. The molecule has 0 aromatic rings. The van der Waals surface area contributed by atoms with Crippen molar-refractivity contribution in [2.45, 2.75) is 6.92 Å². The third-order valence-electron chi connectivity index (χ3n) is 0.627. The summed E-state index contributed by atoms with van der Waals surface area (Å²) in [4.78, 5) is 11.9. The summed E-state index contributed by atoms with van der Waals surface area (Å²) in [7, 11) is 3.23.